The molecule has 1 aromatic carbocycles. The Kier molecular flexibility index (Phi) is 4.17. The van der Waals surface area contributed by atoms with Gasteiger partial charge in [0.15, 0.2) is 5.65 Å². The average molecular weight is 400 g/mol. The molecule has 0 saturated carbocycles. The summed E-state index contributed by atoms with van der Waals surface area (Å²) in [5, 5.41) is 8.60. The van der Waals surface area contributed by atoms with E-state index in [1.165, 1.54) is 0 Å². The van der Waals surface area contributed by atoms with Crippen LogP contribution in [-0.2, 0) is 0 Å². The van der Waals surface area contributed by atoms with E-state index in [0.29, 0.717) is 13.1 Å². The molecule has 128 valence electrons. The molecule has 1 amide bonds. The van der Waals surface area contributed by atoms with Crippen LogP contribution in [0.25, 0.3) is 5.65 Å². The van der Waals surface area contributed by atoms with Gasteiger partial charge in [0.1, 0.15) is 0 Å². The van der Waals surface area contributed by atoms with Gasteiger partial charge in [-0.2, -0.15) is 0 Å². The number of hydrogen-bond acceptors (Lipinski definition) is 4. The van der Waals surface area contributed by atoms with E-state index in [1.807, 2.05) is 54.3 Å². The van der Waals surface area contributed by atoms with E-state index in [4.69, 9.17) is 0 Å². The zero-order valence-electron chi connectivity index (χ0n) is 13.9. The van der Waals surface area contributed by atoms with Crippen molar-refractivity contribution >= 4 is 33.4 Å². The molecular formula is C18H18BrN5O. The Morgan fingerprint density at radius 1 is 1.00 bits per heavy atom. The molecule has 0 N–H and O–H groups in total. The maximum Gasteiger partial charge on any atom is 0.253 e. The van der Waals surface area contributed by atoms with E-state index in [1.54, 1.807) is 0 Å². The monoisotopic (exact) mass is 399 g/mol. The van der Waals surface area contributed by atoms with Crippen LogP contribution in [0.15, 0.2) is 46.9 Å². The normalized spacial score (nSPS) is 15.0. The summed E-state index contributed by atoms with van der Waals surface area (Å²) in [7, 11) is 0. The van der Waals surface area contributed by atoms with E-state index in [2.05, 4.69) is 35.4 Å². The number of benzene rings is 1. The second-order valence-corrected chi connectivity index (χ2v) is 7.06. The number of aromatic nitrogens is 3. The summed E-state index contributed by atoms with van der Waals surface area (Å²) in [5.74, 6) is 0.929. The number of anilines is 1. The van der Waals surface area contributed by atoms with Crippen molar-refractivity contribution in [2.75, 3.05) is 31.1 Å². The van der Waals surface area contributed by atoms with Crippen LogP contribution in [0.4, 0.5) is 5.95 Å². The number of halogens is 1. The quantitative estimate of drug-likeness (QED) is 0.664. The van der Waals surface area contributed by atoms with Crippen LogP contribution in [-0.4, -0.2) is 51.6 Å². The molecule has 0 atom stereocenters. The SMILES string of the molecule is Cc1cccc2nnc(N3CCN(C(=O)c4ccc(Br)cc4)CC3)n12. The number of pyridine rings is 1. The van der Waals surface area contributed by atoms with Gasteiger partial charge in [-0.25, -0.2) is 0 Å². The highest BCUT2D eigenvalue weighted by atomic mass is 79.9. The summed E-state index contributed by atoms with van der Waals surface area (Å²) < 4.78 is 3.04. The van der Waals surface area contributed by atoms with Crippen LogP contribution in [0.3, 0.4) is 0 Å². The van der Waals surface area contributed by atoms with E-state index < -0.39 is 0 Å². The largest absolute Gasteiger partial charge is 0.337 e. The van der Waals surface area contributed by atoms with Gasteiger partial charge in [0.2, 0.25) is 5.95 Å². The third-order valence-corrected chi connectivity index (χ3v) is 5.08. The Labute approximate surface area is 154 Å². The molecule has 0 spiro atoms. The third-order valence-electron chi connectivity index (χ3n) is 4.55. The molecule has 1 aliphatic heterocycles. The lowest BCUT2D eigenvalue weighted by Gasteiger charge is -2.34. The number of hydrogen-bond donors (Lipinski definition) is 0. The summed E-state index contributed by atoms with van der Waals surface area (Å²) in [6.07, 6.45) is 0. The smallest absolute Gasteiger partial charge is 0.253 e. The number of carbonyl (C=O) groups excluding carboxylic acids is 1. The van der Waals surface area contributed by atoms with Crippen molar-refractivity contribution in [3.8, 4) is 0 Å². The first kappa shape index (κ1) is 16.1. The van der Waals surface area contributed by atoms with E-state index in [0.717, 1.165) is 40.4 Å². The van der Waals surface area contributed by atoms with E-state index in [9.17, 15) is 4.79 Å². The van der Waals surface area contributed by atoms with Crippen LogP contribution in [0.5, 0.6) is 0 Å². The summed E-state index contributed by atoms with van der Waals surface area (Å²) in [5.41, 5.74) is 2.68. The first-order valence-corrected chi connectivity index (χ1v) is 9.03. The summed E-state index contributed by atoms with van der Waals surface area (Å²) in [4.78, 5) is 16.7. The van der Waals surface area contributed by atoms with Gasteiger partial charge in [-0.1, -0.05) is 22.0 Å². The molecule has 1 fully saturated rings. The lowest BCUT2D eigenvalue weighted by molar-refractivity contribution is 0.0746. The average Bonchev–Trinajstić information content (AvgIpc) is 3.07. The van der Waals surface area contributed by atoms with Gasteiger partial charge < -0.3 is 9.80 Å². The lowest BCUT2D eigenvalue weighted by atomic mass is 10.2. The van der Waals surface area contributed by atoms with Gasteiger partial charge in [-0.05, 0) is 43.3 Å². The fourth-order valence-electron chi connectivity index (χ4n) is 3.17. The Bertz CT molecular complexity index is 913. The third kappa shape index (κ3) is 3.00. The second kappa shape index (κ2) is 6.48. The molecule has 0 unspecified atom stereocenters. The van der Waals surface area contributed by atoms with Crippen molar-refractivity contribution in [1.29, 1.82) is 0 Å². The Morgan fingerprint density at radius 3 is 2.44 bits per heavy atom. The van der Waals surface area contributed by atoms with Gasteiger partial charge in [0.25, 0.3) is 5.91 Å². The first-order chi connectivity index (χ1) is 12.1. The highest BCUT2D eigenvalue weighted by Crippen LogP contribution is 2.19. The molecule has 6 nitrogen and oxygen atoms in total. The fourth-order valence-corrected chi connectivity index (χ4v) is 3.44. The minimum atomic E-state index is 0.0782. The van der Waals surface area contributed by atoms with Gasteiger partial charge in [0, 0.05) is 41.9 Å². The molecule has 2 aromatic heterocycles. The molecule has 3 heterocycles. The minimum Gasteiger partial charge on any atom is -0.337 e. The zero-order chi connectivity index (χ0) is 17.4. The highest BCUT2D eigenvalue weighted by Gasteiger charge is 2.24. The van der Waals surface area contributed by atoms with Crippen LogP contribution in [0.1, 0.15) is 16.1 Å². The topological polar surface area (TPSA) is 53.7 Å². The predicted molar refractivity (Wildman–Crippen MR) is 100.0 cm³/mol. The van der Waals surface area contributed by atoms with Gasteiger partial charge in [-0.3, -0.25) is 9.20 Å². The van der Waals surface area contributed by atoms with Crippen LogP contribution >= 0.6 is 15.9 Å². The Morgan fingerprint density at radius 2 is 1.72 bits per heavy atom. The van der Waals surface area contributed by atoms with E-state index in [-0.39, 0.29) is 5.91 Å². The zero-order valence-corrected chi connectivity index (χ0v) is 15.5. The second-order valence-electron chi connectivity index (χ2n) is 6.15. The molecule has 0 bridgehead atoms. The number of fused-ring (bicyclic) bond motifs is 1. The standard InChI is InChI=1S/C18H18BrN5O/c1-13-3-2-4-16-20-21-18(24(13)16)23-11-9-22(10-12-23)17(25)14-5-7-15(19)8-6-14/h2-8H,9-12H2,1H3. The summed E-state index contributed by atoms with van der Waals surface area (Å²) in [6, 6.07) is 13.5. The molecule has 7 heteroatoms. The van der Waals surface area contributed by atoms with Gasteiger partial charge in [0.05, 0.1) is 0 Å². The van der Waals surface area contributed by atoms with Crippen molar-refractivity contribution in [2.45, 2.75) is 6.92 Å². The molecule has 4 rings (SSSR count). The molecule has 3 aromatic rings. The molecule has 25 heavy (non-hydrogen) atoms. The highest BCUT2D eigenvalue weighted by molar-refractivity contribution is 9.10. The van der Waals surface area contributed by atoms with Crippen molar-refractivity contribution in [2.24, 2.45) is 0 Å². The number of carbonyl (C=O) groups is 1. The van der Waals surface area contributed by atoms with E-state index >= 15 is 0 Å². The Balaban J connectivity index is 1.49. The van der Waals surface area contributed by atoms with Crippen LogP contribution in [0.2, 0.25) is 0 Å². The maximum absolute atomic E-state index is 12.6. The van der Waals surface area contributed by atoms with Crippen molar-refractivity contribution in [3.05, 3.63) is 58.2 Å². The van der Waals surface area contributed by atoms with Gasteiger partial charge >= 0.3 is 0 Å². The summed E-state index contributed by atoms with van der Waals surface area (Å²) >= 11 is 3.40. The molecule has 1 saturated heterocycles. The Hall–Kier alpha value is -2.41. The van der Waals surface area contributed by atoms with Crippen LogP contribution < -0.4 is 4.90 Å². The molecule has 0 radical (unpaired) electrons. The van der Waals surface area contributed by atoms with Crippen molar-refractivity contribution < 1.29 is 4.79 Å². The van der Waals surface area contributed by atoms with Crippen molar-refractivity contribution in [1.82, 2.24) is 19.5 Å². The first-order valence-electron chi connectivity index (χ1n) is 8.24. The fraction of sp³-hybridized carbons (Fsp3) is 0.278. The molecule has 1 aliphatic rings. The predicted octanol–water partition coefficient (Wildman–Crippen LogP) is 2.76. The molecule has 0 aliphatic carbocycles. The van der Waals surface area contributed by atoms with Gasteiger partial charge in [-0.15, -0.1) is 10.2 Å². The number of amides is 1. The number of piperazine rings is 1. The number of nitrogens with zero attached hydrogens (tertiary/aromatic N) is 5. The maximum atomic E-state index is 12.6. The minimum absolute atomic E-state index is 0.0782. The van der Waals surface area contributed by atoms with Crippen molar-refractivity contribution in [3.63, 3.8) is 0 Å². The number of aryl methyl sites for hydroxylation is 1. The lowest BCUT2D eigenvalue weighted by Crippen LogP contribution is -2.49. The number of rotatable bonds is 2. The van der Waals surface area contributed by atoms with Crippen LogP contribution in [0, 0.1) is 6.92 Å². The summed E-state index contributed by atoms with van der Waals surface area (Å²) in [6.45, 7) is 4.90. The molecular weight excluding hydrogens is 382 g/mol.